The lowest BCUT2D eigenvalue weighted by Gasteiger charge is -2.45. The molecule has 3 atom stereocenters. The van der Waals surface area contributed by atoms with E-state index < -0.39 is 0 Å². The van der Waals surface area contributed by atoms with Gasteiger partial charge in [0.25, 0.3) is 0 Å². The van der Waals surface area contributed by atoms with Gasteiger partial charge in [-0.05, 0) is 51.0 Å². The van der Waals surface area contributed by atoms with Crippen molar-refractivity contribution in [1.29, 1.82) is 0 Å². The van der Waals surface area contributed by atoms with Gasteiger partial charge in [-0.25, -0.2) is 0 Å². The van der Waals surface area contributed by atoms with Gasteiger partial charge in [0, 0.05) is 12.1 Å². The van der Waals surface area contributed by atoms with Crippen molar-refractivity contribution in [3.63, 3.8) is 0 Å². The molecule has 0 bridgehead atoms. The van der Waals surface area contributed by atoms with E-state index in [1.54, 1.807) is 12.8 Å². The molecular formula is C17H31N. The first kappa shape index (κ1) is 13.0. The average Bonchev–Trinajstić information content (AvgIpc) is 2.47. The van der Waals surface area contributed by atoms with Crippen LogP contribution < -0.4 is 0 Å². The summed E-state index contributed by atoms with van der Waals surface area (Å²) in [6.45, 7) is 0. The molecule has 0 spiro atoms. The fourth-order valence-corrected chi connectivity index (χ4v) is 5.00. The number of nitrogens with zero attached hydrogens (tertiary/aromatic N) is 1. The van der Waals surface area contributed by atoms with Gasteiger partial charge in [0.15, 0.2) is 0 Å². The van der Waals surface area contributed by atoms with Gasteiger partial charge in [-0.15, -0.1) is 0 Å². The number of rotatable bonds is 2. The lowest BCUT2D eigenvalue weighted by Crippen LogP contribution is -2.45. The molecule has 3 fully saturated rings. The minimum absolute atomic E-state index is 0.920. The molecule has 3 rings (SSSR count). The molecule has 3 saturated carbocycles. The highest BCUT2D eigenvalue weighted by atomic mass is 15.2. The zero-order chi connectivity index (χ0) is 12.4. The molecule has 3 aliphatic rings. The maximum atomic E-state index is 2.80. The first-order chi connectivity index (χ1) is 8.84. The Morgan fingerprint density at radius 2 is 1.28 bits per heavy atom. The predicted molar refractivity (Wildman–Crippen MR) is 77.7 cm³/mol. The third kappa shape index (κ3) is 2.76. The van der Waals surface area contributed by atoms with E-state index in [2.05, 4.69) is 11.9 Å². The van der Waals surface area contributed by atoms with Gasteiger partial charge in [0.1, 0.15) is 0 Å². The summed E-state index contributed by atoms with van der Waals surface area (Å²) in [6.07, 6.45) is 18.1. The van der Waals surface area contributed by atoms with Crippen molar-refractivity contribution in [3.8, 4) is 0 Å². The summed E-state index contributed by atoms with van der Waals surface area (Å²) in [5, 5.41) is 0. The molecule has 0 aromatic heterocycles. The van der Waals surface area contributed by atoms with Crippen LogP contribution in [0.3, 0.4) is 0 Å². The summed E-state index contributed by atoms with van der Waals surface area (Å²) in [4.78, 5) is 2.80. The summed E-state index contributed by atoms with van der Waals surface area (Å²) in [5.74, 6) is 2.19. The molecule has 0 aromatic carbocycles. The fraction of sp³-hybridized carbons (Fsp3) is 1.00. The second-order valence-electron chi connectivity index (χ2n) is 7.23. The van der Waals surface area contributed by atoms with Crippen molar-refractivity contribution < 1.29 is 0 Å². The SMILES string of the molecule is CN(C1CCCCC1)C1CCC2CCCCC2C1. The Balaban J connectivity index is 1.55. The summed E-state index contributed by atoms with van der Waals surface area (Å²) < 4.78 is 0. The van der Waals surface area contributed by atoms with Gasteiger partial charge in [-0.1, -0.05) is 44.9 Å². The molecular weight excluding hydrogens is 218 g/mol. The highest BCUT2D eigenvalue weighted by molar-refractivity contribution is 4.89. The largest absolute Gasteiger partial charge is 0.300 e. The highest BCUT2D eigenvalue weighted by Gasteiger charge is 2.35. The molecule has 1 heteroatoms. The topological polar surface area (TPSA) is 3.24 Å². The maximum Gasteiger partial charge on any atom is 0.00979 e. The van der Waals surface area contributed by atoms with Crippen LogP contribution >= 0.6 is 0 Å². The average molecular weight is 249 g/mol. The summed E-state index contributed by atoms with van der Waals surface area (Å²) >= 11 is 0. The van der Waals surface area contributed by atoms with E-state index in [9.17, 15) is 0 Å². The third-order valence-corrected chi connectivity index (χ3v) is 6.24. The van der Waals surface area contributed by atoms with Crippen molar-refractivity contribution >= 4 is 0 Å². The van der Waals surface area contributed by atoms with Crippen molar-refractivity contribution in [3.05, 3.63) is 0 Å². The second-order valence-corrected chi connectivity index (χ2v) is 7.23. The number of hydrogen-bond donors (Lipinski definition) is 0. The van der Waals surface area contributed by atoms with Crippen LogP contribution in [0.25, 0.3) is 0 Å². The van der Waals surface area contributed by atoms with E-state index in [1.165, 1.54) is 64.2 Å². The molecule has 0 heterocycles. The van der Waals surface area contributed by atoms with Crippen LogP contribution in [-0.2, 0) is 0 Å². The number of fused-ring (bicyclic) bond motifs is 1. The van der Waals surface area contributed by atoms with Crippen molar-refractivity contribution in [2.24, 2.45) is 11.8 Å². The fourth-order valence-electron chi connectivity index (χ4n) is 5.00. The smallest absolute Gasteiger partial charge is 0.00979 e. The van der Waals surface area contributed by atoms with Crippen LogP contribution in [0.1, 0.15) is 77.0 Å². The lowest BCUT2D eigenvalue weighted by molar-refractivity contribution is 0.0538. The van der Waals surface area contributed by atoms with E-state index in [-0.39, 0.29) is 0 Å². The molecule has 0 N–H and O–H groups in total. The zero-order valence-electron chi connectivity index (χ0n) is 12.2. The Morgan fingerprint density at radius 3 is 2.06 bits per heavy atom. The third-order valence-electron chi connectivity index (χ3n) is 6.24. The monoisotopic (exact) mass is 249 g/mol. The summed E-state index contributed by atoms with van der Waals surface area (Å²) in [6, 6.07) is 1.84. The second kappa shape index (κ2) is 5.94. The van der Waals surface area contributed by atoms with Gasteiger partial charge in [0.05, 0.1) is 0 Å². The Bertz CT molecular complexity index is 254. The van der Waals surface area contributed by atoms with Crippen LogP contribution in [0.2, 0.25) is 0 Å². The number of hydrogen-bond acceptors (Lipinski definition) is 1. The minimum Gasteiger partial charge on any atom is -0.300 e. The molecule has 18 heavy (non-hydrogen) atoms. The molecule has 3 unspecified atom stereocenters. The quantitative estimate of drug-likeness (QED) is 0.691. The molecule has 104 valence electrons. The first-order valence-electron chi connectivity index (χ1n) is 8.56. The van der Waals surface area contributed by atoms with Crippen molar-refractivity contribution in [2.75, 3.05) is 7.05 Å². The van der Waals surface area contributed by atoms with Crippen molar-refractivity contribution in [2.45, 2.75) is 89.1 Å². The molecule has 0 aromatic rings. The molecule has 1 nitrogen and oxygen atoms in total. The van der Waals surface area contributed by atoms with Gasteiger partial charge < -0.3 is 4.90 Å². The normalized spacial score (nSPS) is 38.7. The molecule has 0 amide bonds. The Kier molecular flexibility index (Phi) is 4.28. The highest BCUT2D eigenvalue weighted by Crippen LogP contribution is 2.42. The van der Waals surface area contributed by atoms with Gasteiger partial charge in [0.2, 0.25) is 0 Å². The van der Waals surface area contributed by atoms with E-state index in [1.807, 2.05) is 0 Å². The maximum absolute atomic E-state index is 2.80. The summed E-state index contributed by atoms with van der Waals surface area (Å²) in [5.41, 5.74) is 0. The van der Waals surface area contributed by atoms with E-state index in [4.69, 9.17) is 0 Å². The van der Waals surface area contributed by atoms with E-state index in [0.717, 1.165) is 23.9 Å². The predicted octanol–water partition coefficient (Wildman–Crippen LogP) is 4.61. The standard InChI is InChI=1S/C17H31N/c1-18(16-9-3-2-4-10-16)17-12-11-14-7-5-6-8-15(14)13-17/h14-17H,2-13H2,1H3. The van der Waals surface area contributed by atoms with E-state index in [0.29, 0.717) is 0 Å². The van der Waals surface area contributed by atoms with E-state index >= 15 is 0 Å². The van der Waals surface area contributed by atoms with Gasteiger partial charge in [-0.2, -0.15) is 0 Å². The van der Waals surface area contributed by atoms with Crippen LogP contribution in [0, 0.1) is 11.8 Å². The van der Waals surface area contributed by atoms with Crippen LogP contribution in [-0.4, -0.2) is 24.0 Å². The van der Waals surface area contributed by atoms with Gasteiger partial charge in [-0.3, -0.25) is 0 Å². The molecule has 0 saturated heterocycles. The van der Waals surface area contributed by atoms with Crippen LogP contribution in [0.15, 0.2) is 0 Å². The first-order valence-corrected chi connectivity index (χ1v) is 8.56. The van der Waals surface area contributed by atoms with Crippen molar-refractivity contribution in [1.82, 2.24) is 4.90 Å². The molecule has 0 aliphatic heterocycles. The minimum atomic E-state index is 0.920. The van der Waals surface area contributed by atoms with Crippen LogP contribution in [0.4, 0.5) is 0 Å². The molecule has 3 aliphatic carbocycles. The summed E-state index contributed by atoms with van der Waals surface area (Å²) in [7, 11) is 2.43. The van der Waals surface area contributed by atoms with Crippen LogP contribution in [0.5, 0.6) is 0 Å². The van der Waals surface area contributed by atoms with Gasteiger partial charge >= 0.3 is 0 Å². The Hall–Kier alpha value is -0.0400. The Labute approximate surface area is 113 Å². The molecule has 0 radical (unpaired) electrons. The lowest BCUT2D eigenvalue weighted by atomic mass is 9.69. The zero-order valence-corrected chi connectivity index (χ0v) is 12.2. The Morgan fingerprint density at radius 1 is 0.611 bits per heavy atom.